The predicted molar refractivity (Wildman–Crippen MR) is 91.8 cm³/mol. The van der Waals surface area contributed by atoms with Crippen molar-refractivity contribution in [1.82, 2.24) is 5.32 Å². The lowest BCUT2D eigenvalue weighted by molar-refractivity contribution is -0.121. The summed E-state index contributed by atoms with van der Waals surface area (Å²) in [4.78, 5) is 12.4. The molecule has 0 fully saturated rings. The van der Waals surface area contributed by atoms with E-state index in [0.717, 1.165) is 18.4 Å². The molecule has 1 aliphatic carbocycles. The van der Waals surface area contributed by atoms with Gasteiger partial charge in [0.2, 0.25) is 5.91 Å². The third kappa shape index (κ3) is 2.94. The number of amides is 1. The Bertz CT molecular complexity index is 790. The van der Waals surface area contributed by atoms with E-state index in [-0.39, 0.29) is 18.4 Å². The van der Waals surface area contributed by atoms with Gasteiger partial charge in [0, 0.05) is 0 Å². The van der Waals surface area contributed by atoms with E-state index < -0.39 is 0 Å². The molecule has 1 heterocycles. The number of nitrogens with one attached hydrogen (secondary N) is 1. The molecule has 0 unspecified atom stereocenters. The van der Waals surface area contributed by atoms with E-state index in [4.69, 9.17) is 21.1 Å². The fourth-order valence-corrected chi connectivity index (χ4v) is 3.69. The lowest BCUT2D eigenvalue weighted by Crippen LogP contribution is -2.28. The van der Waals surface area contributed by atoms with Crippen molar-refractivity contribution in [3.05, 3.63) is 58.1 Å². The summed E-state index contributed by atoms with van der Waals surface area (Å²) >= 11 is 6.23. The monoisotopic (exact) mass is 343 g/mol. The zero-order chi connectivity index (χ0) is 16.5. The molecule has 24 heavy (non-hydrogen) atoms. The number of hydrogen-bond acceptors (Lipinski definition) is 3. The number of rotatable bonds is 3. The highest BCUT2D eigenvalue weighted by Crippen LogP contribution is 2.38. The van der Waals surface area contributed by atoms with Crippen molar-refractivity contribution in [3.8, 4) is 11.5 Å². The van der Waals surface area contributed by atoms with E-state index in [0.29, 0.717) is 29.7 Å². The molecular weight excluding hydrogens is 326 g/mol. The normalized spacial score (nSPS) is 18.1. The minimum absolute atomic E-state index is 0.00977. The van der Waals surface area contributed by atoms with Crippen LogP contribution in [0.15, 0.2) is 36.4 Å². The Hall–Kier alpha value is -2.20. The van der Waals surface area contributed by atoms with Crippen molar-refractivity contribution in [2.45, 2.75) is 25.3 Å². The SMILES string of the molecule is O=C(Cc1cc(Cl)c2c(c1)OCCO2)N[C@@H]1CCc2ccccc21. The van der Waals surface area contributed by atoms with Crippen molar-refractivity contribution in [3.63, 3.8) is 0 Å². The van der Waals surface area contributed by atoms with Gasteiger partial charge >= 0.3 is 0 Å². The number of halogens is 1. The van der Waals surface area contributed by atoms with Gasteiger partial charge in [-0.3, -0.25) is 4.79 Å². The van der Waals surface area contributed by atoms with Crippen LogP contribution in [0.3, 0.4) is 0 Å². The van der Waals surface area contributed by atoms with E-state index in [9.17, 15) is 4.79 Å². The molecule has 2 aromatic carbocycles. The number of fused-ring (bicyclic) bond motifs is 2. The second kappa shape index (κ2) is 6.36. The summed E-state index contributed by atoms with van der Waals surface area (Å²) in [6.45, 7) is 0.992. The molecule has 124 valence electrons. The topological polar surface area (TPSA) is 47.6 Å². The summed E-state index contributed by atoms with van der Waals surface area (Å²) in [7, 11) is 0. The smallest absolute Gasteiger partial charge is 0.224 e. The highest BCUT2D eigenvalue weighted by Gasteiger charge is 2.24. The molecule has 1 amide bonds. The number of benzene rings is 2. The maximum Gasteiger partial charge on any atom is 0.224 e. The van der Waals surface area contributed by atoms with Crippen LogP contribution in [0.5, 0.6) is 11.5 Å². The lowest BCUT2D eigenvalue weighted by atomic mass is 10.1. The molecule has 1 atom stereocenters. The van der Waals surface area contributed by atoms with Gasteiger partial charge in [0.25, 0.3) is 0 Å². The van der Waals surface area contributed by atoms with Gasteiger partial charge in [-0.15, -0.1) is 0 Å². The molecule has 5 heteroatoms. The van der Waals surface area contributed by atoms with Crippen LogP contribution in [0, 0.1) is 0 Å². The van der Waals surface area contributed by atoms with Gasteiger partial charge in [0.15, 0.2) is 11.5 Å². The maximum absolute atomic E-state index is 12.4. The van der Waals surface area contributed by atoms with Crippen molar-refractivity contribution < 1.29 is 14.3 Å². The number of ether oxygens (including phenoxy) is 2. The number of aryl methyl sites for hydroxylation is 1. The zero-order valence-electron chi connectivity index (χ0n) is 13.2. The van der Waals surface area contributed by atoms with Gasteiger partial charge in [-0.2, -0.15) is 0 Å². The second-order valence-electron chi connectivity index (χ2n) is 6.14. The first-order chi connectivity index (χ1) is 11.7. The van der Waals surface area contributed by atoms with Gasteiger partial charge in [-0.25, -0.2) is 0 Å². The van der Waals surface area contributed by atoms with Crippen LogP contribution >= 0.6 is 11.6 Å². The Morgan fingerprint density at radius 3 is 2.96 bits per heavy atom. The van der Waals surface area contributed by atoms with Crippen molar-refractivity contribution in [2.24, 2.45) is 0 Å². The fraction of sp³-hybridized carbons (Fsp3) is 0.316. The summed E-state index contributed by atoms with van der Waals surface area (Å²) in [5.74, 6) is 1.17. The van der Waals surface area contributed by atoms with Gasteiger partial charge in [-0.1, -0.05) is 35.9 Å². The quantitative estimate of drug-likeness (QED) is 0.928. The number of carbonyl (C=O) groups excluding carboxylic acids is 1. The van der Waals surface area contributed by atoms with Crippen LogP contribution in [0.2, 0.25) is 5.02 Å². The molecule has 1 N–H and O–H groups in total. The number of hydrogen-bond donors (Lipinski definition) is 1. The molecule has 2 aromatic rings. The molecule has 0 radical (unpaired) electrons. The van der Waals surface area contributed by atoms with E-state index in [2.05, 4.69) is 17.4 Å². The minimum atomic E-state index is -0.00977. The Balaban J connectivity index is 1.46. The van der Waals surface area contributed by atoms with E-state index in [1.807, 2.05) is 18.2 Å². The third-order valence-electron chi connectivity index (χ3n) is 4.49. The largest absolute Gasteiger partial charge is 0.486 e. The first-order valence-corrected chi connectivity index (χ1v) is 8.53. The third-order valence-corrected chi connectivity index (χ3v) is 4.77. The van der Waals surface area contributed by atoms with E-state index in [1.54, 1.807) is 6.07 Å². The van der Waals surface area contributed by atoms with Crippen molar-refractivity contribution >= 4 is 17.5 Å². The maximum atomic E-state index is 12.4. The van der Waals surface area contributed by atoms with E-state index >= 15 is 0 Å². The summed E-state index contributed by atoms with van der Waals surface area (Å²) in [5.41, 5.74) is 3.38. The van der Waals surface area contributed by atoms with Crippen LogP contribution in [-0.4, -0.2) is 19.1 Å². The molecular formula is C19H18ClNO3. The first-order valence-electron chi connectivity index (χ1n) is 8.16. The molecule has 2 aliphatic rings. The fourth-order valence-electron chi connectivity index (χ4n) is 3.40. The molecule has 0 saturated heterocycles. The highest BCUT2D eigenvalue weighted by molar-refractivity contribution is 6.32. The molecule has 0 bridgehead atoms. The van der Waals surface area contributed by atoms with Crippen LogP contribution in [0.25, 0.3) is 0 Å². The molecule has 0 aromatic heterocycles. The van der Waals surface area contributed by atoms with Crippen LogP contribution in [0.4, 0.5) is 0 Å². The Kier molecular flexibility index (Phi) is 4.07. The van der Waals surface area contributed by atoms with Crippen LogP contribution < -0.4 is 14.8 Å². The molecule has 4 nitrogen and oxygen atoms in total. The Labute approximate surface area is 145 Å². The van der Waals surface area contributed by atoms with Crippen LogP contribution in [-0.2, 0) is 17.6 Å². The van der Waals surface area contributed by atoms with Crippen molar-refractivity contribution in [2.75, 3.05) is 13.2 Å². The minimum Gasteiger partial charge on any atom is -0.486 e. The number of carbonyl (C=O) groups is 1. The van der Waals surface area contributed by atoms with Crippen LogP contribution in [0.1, 0.15) is 29.2 Å². The average molecular weight is 344 g/mol. The zero-order valence-corrected chi connectivity index (χ0v) is 13.9. The van der Waals surface area contributed by atoms with Gasteiger partial charge in [-0.05, 0) is 41.7 Å². The highest BCUT2D eigenvalue weighted by atomic mass is 35.5. The predicted octanol–water partition coefficient (Wildman–Crippen LogP) is 3.46. The summed E-state index contributed by atoms with van der Waals surface area (Å²) in [6, 6.07) is 12.0. The standard InChI is InChI=1S/C19H18ClNO3/c20-15-9-12(10-17-19(15)24-8-7-23-17)11-18(22)21-16-6-5-13-3-1-2-4-14(13)16/h1-4,9-10,16H,5-8,11H2,(H,21,22)/t16-/m1/s1. The Morgan fingerprint density at radius 2 is 2.04 bits per heavy atom. The average Bonchev–Trinajstić information content (AvgIpc) is 2.98. The molecule has 1 aliphatic heterocycles. The van der Waals surface area contributed by atoms with Gasteiger partial charge in [0.1, 0.15) is 13.2 Å². The van der Waals surface area contributed by atoms with Gasteiger partial charge in [0.05, 0.1) is 17.5 Å². The second-order valence-corrected chi connectivity index (χ2v) is 6.54. The lowest BCUT2D eigenvalue weighted by Gasteiger charge is -2.20. The first kappa shape index (κ1) is 15.3. The Morgan fingerprint density at radius 1 is 1.21 bits per heavy atom. The molecule has 4 rings (SSSR count). The van der Waals surface area contributed by atoms with Crippen molar-refractivity contribution in [1.29, 1.82) is 0 Å². The summed E-state index contributed by atoms with van der Waals surface area (Å²) < 4.78 is 11.1. The summed E-state index contributed by atoms with van der Waals surface area (Å²) in [5, 5.41) is 3.62. The van der Waals surface area contributed by atoms with Gasteiger partial charge < -0.3 is 14.8 Å². The summed E-state index contributed by atoms with van der Waals surface area (Å²) in [6.07, 6.45) is 2.24. The molecule has 0 saturated carbocycles. The van der Waals surface area contributed by atoms with E-state index in [1.165, 1.54) is 11.1 Å². The molecule has 0 spiro atoms.